The number of carbonyl (C=O) groups is 2. The van der Waals surface area contributed by atoms with Crippen LogP contribution >= 0.6 is 24.8 Å². The van der Waals surface area contributed by atoms with E-state index in [1.54, 1.807) is 0 Å². The van der Waals surface area contributed by atoms with E-state index in [9.17, 15) is 14.0 Å². The Morgan fingerprint density at radius 1 is 1.19 bits per heavy atom. The molecule has 1 saturated carbocycles. The fraction of sp³-hybridized carbons (Fsp3) is 0.529. The van der Waals surface area contributed by atoms with Gasteiger partial charge in [-0.25, -0.2) is 4.39 Å². The van der Waals surface area contributed by atoms with Crippen molar-refractivity contribution < 1.29 is 18.7 Å². The summed E-state index contributed by atoms with van der Waals surface area (Å²) in [5.74, 6) is -1.11. The van der Waals surface area contributed by atoms with Gasteiger partial charge in [-0.2, -0.15) is 0 Å². The van der Waals surface area contributed by atoms with E-state index in [0.29, 0.717) is 38.3 Å². The molecule has 7 nitrogen and oxygen atoms in total. The number of nitrogens with zero attached hydrogens (tertiary/aromatic N) is 1. The summed E-state index contributed by atoms with van der Waals surface area (Å²) in [5.41, 5.74) is 5.47. The summed E-state index contributed by atoms with van der Waals surface area (Å²) in [7, 11) is 0. The van der Waals surface area contributed by atoms with Crippen LogP contribution in [0.15, 0.2) is 18.2 Å². The molecule has 1 aromatic carbocycles. The Labute approximate surface area is 170 Å². The minimum atomic E-state index is -0.810. The van der Waals surface area contributed by atoms with Crippen molar-refractivity contribution in [2.45, 2.75) is 24.8 Å². The second kappa shape index (κ2) is 10.2. The largest absolute Gasteiger partial charge is 0.379 e. The fourth-order valence-corrected chi connectivity index (χ4v) is 2.61. The number of ether oxygens (including phenoxy) is 1. The normalized spacial score (nSPS) is 17.9. The number of benzene rings is 1. The molecule has 1 aliphatic carbocycles. The van der Waals surface area contributed by atoms with Gasteiger partial charge in [-0.05, 0) is 31.0 Å². The van der Waals surface area contributed by atoms with Gasteiger partial charge in [0.05, 0.1) is 24.4 Å². The zero-order chi connectivity index (χ0) is 17.9. The highest BCUT2D eigenvalue weighted by atomic mass is 35.5. The van der Waals surface area contributed by atoms with Crippen LogP contribution in [0, 0.1) is 5.82 Å². The molecule has 27 heavy (non-hydrogen) atoms. The van der Waals surface area contributed by atoms with E-state index in [1.807, 2.05) is 0 Å². The molecule has 2 aliphatic rings. The van der Waals surface area contributed by atoms with Gasteiger partial charge in [0.15, 0.2) is 0 Å². The van der Waals surface area contributed by atoms with Gasteiger partial charge in [0, 0.05) is 31.7 Å². The van der Waals surface area contributed by atoms with Crippen molar-refractivity contribution >= 4 is 48.0 Å². The molecule has 0 atom stereocenters. The lowest BCUT2D eigenvalue weighted by Gasteiger charge is -2.26. The Morgan fingerprint density at radius 2 is 1.85 bits per heavy atom. The van der Waals surface area contributed by atoms with Crippen molar-refractivity contribution in [3.05, 3.63) is 24.0 Å². The van der Waals surface area contributed by atoms with Crippen LogP contribution < -0.4 is 16.4 Å². The van der Waals surface area contributed by atoms with Crippen molar-refractivity contribution in [3.8, 4) is 0 Å². The first-order valence-electron chi connectivity index (χ1n) is 8.46. The number of morpholine rings is 1. The number of hydrogen-bond acceptors (Lipinski definition) is 5. The molecule has 0 bridgehead atoms. The average Bonchev–Trinajstić information content (AvgIpc) is 3.36. The van der Waals surface area contributed by atoms with Gasteiger partial charge in [0.25, 0.3) is 0 Å². The number of amides is 2. The van der Waals surface area contributed by atoms with Gasteiger partial charge >= 0.3 is 0 Å². The smallest absolute Gasteiger partial charge is 0.244 e. The van der Waals surface area contributed by atoms with E-state index in [2.05, 4.69) is 15.5 Å². The molecule has 2 fully saturated rings. The van der Waals surface area contributed by atoms with Crippen LogP contribution in [0.1, 0.15) is 19.3 Å². The number of halogens is 3. The van der Waals surface area contributed by atoms with E-state index in [-0.39, 0.29) is 48.7 Å². The number of rotatable bonds is 6. The van der Waals surface area contributed by atoms with Crippen LogP contribution in [0.4, 0.5) is 15.8 Å². The maximum Gasteiger partial charge on any atom is 0.244 e. The zero-order valence-electron chi connectivity index (χ0n) is 14.8. The van der Waals surface area contributed by atoms with E-state index in [4.69, 9.17) is 10.5 Å². The number of anilines is 2. The molecule has 1 aliphatic heterocycles. The van der Waals surface area contributed by atoms with Crippen LogP contribution in [0.5, 0.6) is 0 Å². The van der Waals surface area contributed by atoms with E-state index in [1.165, 1.54) is 18.2 Å². The summed E-state index contributed by atoms with van der Waals surface area (Å²) in [6.45, 7) is 3.53. The van der Waals surface area contributed by atoms with E-state index >= 15 is 0 Å². The maximum absolute atomic E-state index is 13.9. The molecule has 1 aromatic rings. The van der Waals surface area contributed by atoms with Crippen LogP contribution in [0.25, 0.3) is 0 Å². The second-order valence-corrected chi connectivity index (χ2v) is 6.56. The third-order valence-corrected chi connectivity index (χ3v) is 4.50. The van der Waals surface area contributed by atoms with Gasteiger partial charge in [0.2, 0.25) is 11.8 Å². The van der Waals surface area contributed by atoms with Gasteiger partial charge in [-0.3, -0.25) is 14.5 Å². The van der Waals surface area contributed by atoms with Crippen molar-refractivity contribution in [1.82, 2.24) is 4.90 Å². The van der Waals surface area contributed by atoms with Crippen LogP contribution in [0.3, 0.4) is 0 Å². The maximum atomic E-state index is 13.9. The topological polar surface area (TPSA) is 96.7 Å². The molecule has 0 unspecified atom stereocenters. The van der Waals surface area contributed by atoms with Gasteiger partial charge in [-0.15, -0.1) is 24.8 Å². The Kier molecular flexibility index (Phi) is 8.90. The van der Waals surface area contributed by atoms with Crippen molar-refractivity contribution in [2.75, 3.05) is 43.5 Å². The summed E-state index contributed by atoms with van der Waals surface area (Å²) >= 11 is 0. The van der Waals surface area contributed by atoms with Crippen molar-refractivity contribution in [2.24, 2.45) is 5.73 Å². The average molecular weight is 423 g/mol. The molecule has 4 N–H and O–H groups in total. The van der Waals surface area contributed by atoms with Crippen molar-refractivity contribution in [1.29, 1.82) is 0 Å². The summed E-state index contributed by atoms with van der Waals surface area (Å²) < 4.78 is 19.2. The molecule has 10 heteroatoms. The summed E-state index contributed by atoms with van der Waals surface area (Å²) in [6, 6.07) is 4.07. The predicted octanol–water partition coefficient (Wildman–Crippen LogP) is 1.76. The van der Waals surface area contributed by atoms with Gasteiger partial charge < -0.3 is 21.1 Å². The Balaban J connectivity index is 0.00000182. The minimum Gasteiger partial charge on any atom is -0.379 e. The monoisotopic (exact) mass is 422 g/mol. The second-order valence-electron chi connectivity index (χ2n) is 6.56. The van der Waals surface area contributed by atoms with E-state index < -0.39 is 11.4 Å². The molecule has 3 rings (SSSR count). The van der Waals surface area contributed by atoms with Gasteiger partial charge in [0.1, 0.15) is 5.82 Å². The lowest BCUT2D eigenvalue weighted by atomic mass is 10.2. The molecule has 0 spiro atoms. The lowest BCUT2D eigenvalue weighted by Crippen LogP contribution is -2.38. The SMILES string of the molecule is Cl.Cl.NC1(C(=O)Nc2ccc(F)c(NC(=O)CCN3CCOCC3)c2)CC1. The van der Waals surface area contributed by atoms with Crippen LogP contribution in [0.2, 0.25) is 0 Å². The van der Waals surface area contributed by atoms with Crippen molar-refractivity contribution in [3.63, 3.8) is 0 Å². The molecule has 1 saturated heterocycles. The number of hydrogen-bond donors (Lipinski definition) is 3. The third kappa shape index (κ3) is 6.58. The Hall–Kier alpha value is -1.45. The quantitative estimate of drug-likeness (QED) is 0.648. The van der Waals surface area contributed by atoms with E-state index in [0.717, 1.165) is 13.1 Å². The highest BCUT2D eigenvalue weighted by Crippen LogP contribution is 2.33. The zero-order valence-corrected chi connectivity index (χ0v) is 16.5. The predicted molar refractivity (Wildman–Crippen MR) is 106 cm³/mol. The number of nitrogens with one attached hydrogen (secondary N) is 2. The minimum absolute atomic E-state index is 0. The molecule has 0 radical (unpaired) electrons. The molecule has 1 heterocycles. The lowest BCUT2D eigenvalue weighted by molar-refractivity contribution is -0.118. The first-order valence-corrected chi connectivity index (χ1v) is 8.46. The van der Waals surface area contributed by atoms with Crippen LogP contribution in [-0.2, 0) is 14.3 Å². The number of carbonyl (C=O) groups excluding carboxylic acids is 2. The summed E-state index contributed by atoms with van der Waals surface area (Å²) in [6.07, 6.45) is 1.55. The van der Waals surface area contributed by atoms with Gasteiger partial charge in [-0.1, -0.05) is 0 Å². The highest BCUT2D eigenvalue weighted by Gasteiger charge is 2.45. The Bertz CT molecular complexity index is 668. The number of nitrogens with two attached hydrogens (primary N) is 1. The molecule has 0 aromatic heterocycles. The first-order chi connectivity index (χ1) is 12.0. The first kappa shape index (κ1) is 23.6. The molecular formula is C17H25Cl2FN4O3. The van der Waals surface area contributed by atoms with Crippen LogP contribution in [-0.4, -0.2) is 55.1 Å². The highest BCUT2D eigenvalue weighted by molar-refractivity contribution is 6.00. The fourth-order valence-electron chi connectivity index (χ4n) is 2.61. The summed E-state index contributed by atoms with van der Waals surface area (Å²) in [5, 5.41) is 5.23. The summed E-state index contributed by atoms with van der Waals surface area (Å²) in [4.78, 5) is 26.2. The molecule has 152 valence electrons. The standard InChI is InChI=1S/C17H23FN4O3.2ClH/c18-13-2-1-12(20-16(24)17(19)4-5-17)11-14(13)21-15(23)3-6-22-7-9-25-10-8-22;;/h1-2,11H,3-10,19H2,(H,20,24)(H,21,23);2*1H. The molecule has 2 amide bonds. The molecular weight excluding hydrogens is 398 g/mol. The Morgan fingerprint density at radius 3 is 2.48 bits per heavy atom. The third-order valence-electron chi connectivity index (χ3n) is 4.50.